The van der Waals surface area contributed by atoms with Gasteiger partial charge in [0, 0.05) is 40.9 Å². The predicted octanol–water partition coefficient (Wildman–Crippen LogP) is 4.39. The molecule has 7 heteroatoms. The molecule has 4 aliphatic rings. The number of ketones is 2. The van der Waals surface area contributed by atoms with Crippen molar-refractivity contribution >= 4 is 28.4 Å². The van der Waals surface area contributed by atoms with E-state index in [1.54, 1.807) is 6.92 Å². The number of rotatable bonds is 2. The van der Waals surface area contributed by atoms with E-state index in [1.807, 2.05) is 49.5 Å². The first-order valence-electron chi connectivity index (χ1n) is 14.4. The van der Waals surface area contributed by atoms with Crippen LogP contribution in [0.15, 0.2) is 66.4 Å². The number of aromatic nitrogens is 1. The number of aliphatic hydroxyl groups excluding tert-OH is 1. The molecule has 3 heterocycles. The fourth-order valence-corrected chi connectivity index (χ4v) is 7.96. The molecule has 2 aliphatic carbocycles. The fourth-order valence-electron chi connectivity index (χ4n) is 7.96. The van der Waals surface area contributed by atoms with Gasteiger partial charge in [-0.2, -0.15) is 0 Å². The van der Waals surface area contributed by atoms with Gasteiger partial charge in [0.1, 0.15) is 11.5 Å². The molecule has 2 aliphatic heterocycles. The highest BCUT2D eigenvalue weighted by Crippen LogP contribution is 2.66. The van der Waals surface area contributed by atoms with Gasteiger partial charge in [-0.15, -0.1) is 0 Å². The molecule has 3 fully saturated rings. The number of hydrogen-bond donors (Lipinski definition) is 3. The van der Waals surface area contributed by atoms with Crippen LogP contribution in [0.4, 0.5) is 0 Å². The number of allylic oxidation sites excluding steroid dienone is 3. The second kappa shape index (κ2) is 9.38. The van der Waals surface area contributed by atoms with Crippen LogP contribution in [0.25, 0.3) is 10.9 Å². The molecule has 2 saturated heterocycles. The summed E-state index contributed by atoms with van der Waals surface area (Å²) < 4.78 is 6.36. The van der Waals surface area contributed by atoms with E-state index in [4.69, 9.17) is 4.74 Å². The van der Waals surface area contributed by atoms with Gasteiger partial charge < -0.3 is 20.1 Å². The summed E-state index contributed by atoms with van der Waals surface area (Å²) in [5, 5.41) is 15.0. The molecule has 10 atom stereocenters. The number of carbonyl (C=O) groups is 3. The minimum Gasteiger partial charge on any atom is -0.381 e. The zero-order valence-electron chi connectivity index (χ0n) is 23.7. The van der Waals surface area contributed by atoms with Crippen LogP contribution in [-0.4, -0.2) is 51.4 Å². The Labute approximate surface area is 234 Å². The molecule has 0 bridgehead atoms. The van der Waals surface area contributed by atoms with Gasteiger partial charge in [0.05, 0.1) is 11.7 Å². The molecule has 1 aromatic heterocycles. The average Bonchev–Trinajstić information content (AvgIpc) is 3.30. The Hall–Kier alpha value is -3.29. The zero-order valence-corrected chi connectivity index (χ0v) is 23.7. The number of epoxide rings is 1. The smallest absolute Gasteiger partial charge is 0.235 e. The summed E-state index contributed by atoms with van der Waals surface area (Å²) >= 11 is 0. The Morgan fingerprint density at radius 1 is 1.12 bits per heavy atom. The maximum Gasteiger partial charge on any atom is 0.235 e. The van der Waals surface area contributed by atoms with Crippen LogP contribution in [0.2, 0.25) is 0 Å². The molecule has 1 saturated carbocycles. The molecule has 3 N–H and O–H groups in total. The Bertz CT molecular complexity index is 1480. The lowest BCUT2D eigenvalue weighted by molar-refractivity contribution is -0.145. The lowest BCUT2D eigenvalue weighted by Gasteiger charge is -2.46. The number of para-hydroxylation sites is 1. The second-order valence-electron chi connectivity index (χ2n) is 12.6. The lowest BCUT2D eigenvalue weighted by Crippen LogP contribution is -2.58. The third kappa shape index (κ3) is 3.74. The summed E-state index contributed by atoms with van der Waals surface area (Å²) in [4.78, 5) is 44.9. The van der Waals surface area contributed by atoms with Gasteiger partial charge in [-0.3, -0.25) is 14.4 Å². The molecule has 1 spiro atoms. The molecule has 0 radical (unpaired) electrons. The summed E-state index contributed by atoms with van der Waals surface area (Å²) in [6, 6.07) is 7.76. The van der Waals surface area contributed by atoms with Crippen molar-refractivity contribution in [2.24, 2.45) is 29.1 Å². The van der Waals surface area contributed by atoms with E-state index in [2.05, 4.69) is 37.1 Å². The highest BCUT2D eigenvalue weighted by molar-refractivity contribution is 6.15. The van der Waals surface area contributed by atoms with Gasteiger partial charge in [-0.25, -0.2) is 0 Å². The van der Waals surface area contributed by atoms with Crippen molar-refractivity contribution in [3.63, 3.8) is 0 Å². The summed E-state index contributed by atoms with van der Waals surface area (Å²) in [6.45, 7) is 10.0. The minimum atomic E-state index is -1.43. The standard InChI is InChI=1S/C33H38N2O5/c1-17-9-8-11-23-30-32(5,40-30)20(4)27-28(19(3)22-16-34-24-12-7-6-10-21(22)24)35-31(39)33(23,27)26(37)14-13-25(36)29(38)18(2)15-17/h6-8,10-17,19-20,23,27-30,34,38H,9H2,1-5H3,(H,35,39). The highest BCUT2D eigenvalue weighted by atomic mass is 16.6. The number of aliphatic hydroxyl groups is 1. The van der Waals surface area contributed by atoms with Crippen molar-refractivity contribution in [2.75, 3.05) is 0 Å². The Kier molecular flexibility index (Phi) is 6.31. The van der Waals surface area contributed by atoms with E-state index in [0.717, 1.165) is 22.5 Å². The third-order valence-electron chi connectivity index (χ3n) is 10.3. The van der Waals surface area contributed by atoms with Crippen LogP contribution in [-0.2, 0) is 19.1 Å². The van der Waals surface area contributed by atoms with Gasteiger partial charge in [0.2, 0.25) is 5.91 Å². The summed E-state index contributed by atoms with van der Waals surface area (Å²) in [7, 11) is 0. The summed E-state index contributed by atoms with van der Waals surface area (Å²) in [5.41, 5.74) is 0.772. The molecule has 1 amide bonds. The van der Waals surface area contributed by atoms with E-state index in [0.29, 0.717) is 12.0 Å². The van der Waals surface area contributed by atoms with Crippen LogP contribution >= 0.6 is 0 Å². The predicted molar refractivity (Wildman–Crippen MR) is 152 cm³/mol. The molecule has 2 aromatic rings. The summed E-state index contributed by atoms with van der Waals surface area (Å²) in [5.74, 6) is -2.26. The number of H-pyrrole nitrogens is 1. The normalized spacial score (nSPS) is 40.2. The maximum absolute atomic E-state index is 14.4. The summed E-state index contributed by atoms with van der Waals surface area (Å²) in [6.07, 6.45) is 9.34. The van der Waals surface area contributed by atoms with Gasteiger partial charge in [0.15, 0.2) is 11.6 Å². The number of fused-ring (bicyclic) bond motifs is 3. The topological polar surface area (TPSA) is 112 Å². The maximum atomic E-state index is 14.4. The first kappa shape index (κ1) is 26.9. The van der Waals surface area contributed by atoms with Crippen molar-refractivity contribution < 1.29 is 24.2 Å². The molecule has 210 valence electrons. The van der Waals surface area contributed by atoms with Crippen molar-refractivity contribution in [3.8, 4) is 0 Å². The van der Waals surface area contributed by atoms with E-state index in [9.17, 15) is 19.5 Å². The first-order chi connectivity index (χ1) is 19.0. The van der Waals surface area contributed by atoms with Crippen LogP contribution in [0.3, 0.4) is 0 Å². The first-order valence-corrected chi connectivity index (χ1v) is 14.4. The Balaban J connectivity index is 1.49. The van der Waals surface area contributed by atoms with Gasteiger partial charge in [-0.1, -0.05) is 57.2 Å². The van der Waals surface area contributed by atoms with Crippen LogP contribution in [0.5, 0.6) is 0 Å². The van der Waals surface area contributed by atoms with Crippen molar-refractivity contribution in [2.45, 2.75) is 70.8 Å². The van der Waals surface area contributed by atoms with E-state index in [1.165, 1.54) is 6.08 Å². The van der Waals surface area contributed by atoms with Gasteiger partial charge in [0.25, 0.3) is 0 Å². The molecule has 6 rings (SSSR count). The van der Waals surface area contributed by atoms with E-state index < -0.39 is 34.6 Å². The number of carbonyl (C=O) groups excluding carboxylic acids is 3. The van der Waals surface area contributed by atoms with Crippen molar-refractivity contribution in [1.29, 1.82) is 0 Å². The number of amides is 1. The fraction of sp³-hybridized carbons (Fsp3) is 0.485. The Morgan fingerprint density at radius 2 is 1.88 bits per heavy atom. The largest absolute Gasteiger partial charge is 0.381 e. The lowest BCUT2D eigenvalue weighted by atomic mass is 9.51. The third-order valence-corrected chi connectivity index (χ3v) is 10.3. The van der Waals surface area contributed by atoms with Gasteiger partial charge >= 0.3 is 0 Å². The van der Waals surface area contributed by atoms with Crippen LogP contribution in [0.1, 0.15) is 52.5 Å². The molecule has 10 unspecified atom stereocenters. The molecular formula is C33H38N2O5. The monoisotopic (exact) mass is 542 g/mol. The molecule has 1 aromatic carbocycles. The van der Waals surface area contributed by atoms with Crippen LogP contribution < -0.4 is 5.32 Å². The number of aromatic amines is 1. The number of ether oxygens (including phenoxy) is 1. The number of nitrogens with one attached hydrogen (secondary N) is 2. The zero-order chi connectivity index (χ0) is 28.6. The van der Waals surface area contributed by atoms with E-state index in [-0.39, 0.29) is 41.7 Å². The van der Waals surface area contributed by atoms with Crippen molar-refractivity contribution in [3.05, 3.63) is 72.0 Å². The number of hydrogen-bond acceptors (Lipinski definition) is 5. The van der Waals surface area contributed by atoms with Crippen molar-refractivity contribution in [1.82, 2.24) is 10.3 Å². The van der Waals surface area contributed by atoms with E-state index >= 15 is 0 Å². The molecular weight excluding hydrogens is 504 g/mol. The minimum absolute atomic E-state index is 0.0620. The SMILES string of the molecule is CC1=CC(C)CC=CC2C3OC3(C)C(C)C3C(C(C)c4c[nH]c5ccccc45)NC(=O)C23C(=O)C=CC(=O)C1O. The quantitative estimate of drug-likeness (QED) is 0.296. The van der Waals surface area contributed by atoms with Gasteiger partial charge in [-0.05, 0) is 61.5 Å². The average molecular weight is 543 g/mol. The molecule has 7 nitrogen and oxygen atoms in total. The van der Waals surface area contributed by atoms with Crippen LogP contribution in [0, 0.1) is 29.1 Å². The molecule has 40 heavy (non-hydrogen) atoms. The Morgan fingerprint density at radius 3 is 2.65 bits per heavy atom. The number of benzene rings is 1. The second-order valence-corrected chi connectivity index (χ2v) is 12.6. The highest BCUT2D eigenvalue weighted by Gasteiger charge is 2.78.